The molecule has 6 aromatic rings. The van der Waals surface area contributed by atoms with Crippen molar-refractivity contribution in [2.24, 2.45) is 0 Å². The Balaban J connectivity index is 0.000000334. The van der Waals surface area contributed by atoms with Crippen LogP contribution >= 0.6 is 15.8 Å². The predicted octanol–water partition coefficient (Wildman–Crippen LogP) is 2.90. The van der Waals surface area contributed by atoms with E-state index in [0.29, 0.717) is 11.5 Å². The van der Waals surface area contributed by atoms with Gasteiger partial charge in [0.25, 0.3) is 0 Å². The van der Waals surface area contributed by atoms with Gasteiger partial charge in [-0.3, -0.25) is 0 Å². The van der Waals surface area contributed by atoms with Crippen LogP contribution in [0.25, 0.3) is 0 Å². The Kier molecular flexibility index (Phi) is 17.3. The number of phenols is 2. The Labute approximate surface area is 339 Å². The van der Waals surface area contributed by atoms with Crippen LogP contribution in [0.4, 0.5) is 0 Å². The Morgan fingerprint density at radius 1 is 0.373 bits per heavy atom. The zero-order valence-corrected chi connectivity index (χ0v) is 35.8. The molecule has 0 amide bonds. The van der Waals surface area contributed by atoms with Crippen molar-refractivity contribution in [3.05, 3.63) is 169 Å². The van der Waals surface area contributed by atoms with Gasteiger partial charge in [0.05, 0.1) is 0 Å². The second-order valence-corrected chi connectivity index (χ2v) is 18.3. The third-order valence-corrected chi connectivity index (χ3v) is 13.2. The summed E-state index contributed by atoms with van der Waals surface area (Å²) in [5.41, 5.74) is 2.59. The molecule has 0 radical (unpaired) electrons. The molecule has 262 valence electrons. The van der Waals surface area contributed by atoms with Crippen LogP contribution in [0.3, 0.4) is 0 Å². The van der Waals surface area contributed by atoms with E-state index in [1.807, 2.05) is 48.5 Å². The maximum absolute atomic E-state index is 10.6. The summed E-state index contributed by atoms with van der Waals surface area (Å²) in [6.45, 7) is 13.2. The molecule has 0 saturated carbocycles. The molecule has 0 aliphatic heterocycles. The molecule has 0 aromatic heterocycles. The van der Waals surface area contributed by atoms with E-state index in [-0.39, 0.29) is 61.8 Å². The number of phenolic OH excluding ortho intramolecular Hbond substituents is 2. The van der Waals surface area contributed by atoms with Gasteiger partial charge in [0.15, 0.2) is 0 Å². The average molecular weight is 831 g/mol. The van der Waals surface area contributed by atoms with Gasteiger partial charge in [-0.1, -0.05) is 175 Å². The molecule has 0 spiro atoms. The summed E-state index contributed by atoms with van der Waals surface area (Å²) in [5.74, 6) is 0.753. The summed E-state index contributed by atoms with van der Waals surface area (Å²) in [6.07, 6.45) is 0. The summed E-state index contributed by atoms with van der Waals surface area (Å²) in [5, 5.41) is 28.3. The van der Waals surface area contributed by atoms with Crippen LogP contribution in [0.2, 0.25) is 0 Å². The molecule has 0 heterocycles. The van der Waals surface area contributed by atoms with Gasteiger partial charge in [-0.05, 0) is 83.3 Å². The molecule has 0 atom stereocenters. The van der Waals surface area contributed by atoms with Gasteiger partial charge in [0, 0.05) is 10.6 Å². The first-order chi connectivity index (χ1) is 22.9. The summed E-state index contributed by atoms with van der Waals surface area (Å²) >= 11 is 0. The first kappa shape index (κ1) is 44.4. The van der Waals surface area contributed by atoms with Crippen molar-refractivity contribution in [2.75, 3.05) is 0 Å². The Morgan fingerprint density at radius 2 is 0.608 bits per heavy atom. The van der Waals surface area contributed by atoms with E-state index in [9.17, 15) is 10.2 Å². The number of hydrogen-bond acceptors (Lipinski definition) is 2. The van der Waals surface area contributed by atoms with Crippen LogP contribution in [-0.4, -0.2) is 10.2 Å². The number of hydrogen-bond donors (Lipinski definition) is 2. The van der Waals surface area contributed by atoms with E-state index in [2.05, 4.69) is 151 Å². The summed E-state index contributed by atoms with van der Waals surface area (Å²) < 4.78 is 0. The van der Waals surface area contributed by atoms with Crippen molar-refractivity contribution >= 4 is 47.7 Å². The second-order valence-electron chi connectivity index (χ2n) is 13.9. The average Bonchev–Trinajstić information content (AvgIpc) is 3.08. The largest absolute Gasteiger partial charge is 2.00 e. The van der Waals surface area contributed by atoms with Crippen molar-refractivity contribution in [3.63, 3.8) is 0 Å². The van der Waals surface area contributed by atoms with E-state index in [1.165, 1.54) is 32.3 Å². The number of rotatable bonds is 6. The minimum absolute atomic E-state index is 0. The van der Waals surface area contributed by atoms with Gasteiger partial charge >= 0.3 is 26.2 Å². The Bertz CT molecular complexity index is 1690. The molecule has 2 nitrogen and oxygen atoms in total. The van der Waals surface area contributed by atoms with Crippen LogP contribution in [-0.2, 0) is 37.0 Å². The number of halogens is 2. The number of benzene rings is 6. The minimum atomic E-state index is -0.780. The van der Waals surface area contributed by atoms with Gasteiger partial charge in [-0.25, -0.2) is 0 Å². The number of aromatic hydroxyl groups is 2. The standard InChI is InChI=1S/2C22H23OP.2ClH.Zr/c2*1-22(2,3)17-14-15-20(23)21(16-17)24(18-10-6-4-7-11-18)19-12-8-5-9-13-19;;;/h2*4-16,23H,1-3H3;2*1H;/q;;;;+2/p-2. The summed E-state index contributed by atoms with van der Waals surface area (Å²) in [7, 11) is -1.56. The van der Waals surface area contributed by atoms with Crippen molar-refractivity contribution in [3.8, 4) is 11.5 Å². The van der Waals surface area contributed by atoms with Crippen LogP contribution in [0.15, 0.2) is 158 Å². The summed E-state index contributed by atoms with van der Waals surface area (Å²) in [6, 6.07) is 54.0. The van der Waals surface area contributed by atoms with Crippen molar-refractivity contribution in [1.82, 2.24) is 0 Å². The smallest absolute Gasteiger partial charge is 1.00 e. The molecule has 6 rings (SSSR count). The molecule has 2 N–H and O–H groups in total. The molecular formula is C44H46Cl2O2P2Zr. The molecule has 6 aromatic carbocycles. The van der Waals surface area contributed by atoms with E-state index in [0.717, 1.165) is 10.6 Å². The summed E-state index contributed by atoms with van der Waals surface area (Å²) in [4.78, 5) is 0. The molecule has 0 aliphatic carbocycles. The Morgan fingerprint density at radius 3 is 0.824 bits per heavy atom. The molecule has 0 aliphatic rings. The zero-order chi connectivity index (χ0) is 34.3. The van der Waals surface area contributed by atoms with Gasteiger partial charge < -0.3 is 35.0 Å². The third-order valence-electron chi connectivity index (χ3n) is 8.22. The third kappa shape index (κ3) is 11.6. The van der Waals surface area contributed by atoms with Crippen LogP contribution in [0.5, 0.6) is 11.5 Å². The fourth-order valence-electron chi connectivity index (χ4n) is 5.50. The Hall–Kier alpha value is -2.76. The van der Waals surface area contributed by atoms with E-state index < -0.39 is 15.8 Å². The molecule has 7 heteroatoms. The first-order valence-electron chi connectivity index (χ1n) is 16.4. The SMILES string of the molecule is CC(C)(C)c1ccc(O)c(P(c2ccccc2)c2ccccc2)c1.CC(C)(C)c1ccc(O)c(P(c2ccccc2)c2ccccc2)c1.[Cl-].[Cl-].[Zr+2]. The van der Waals surface area contributed by atoms with Crippen molar-refractivity contribution in [2.45, 2.75) is 52.4 Å². The predicted molar refractivity (Wildman–Crippen MR) is 211 cm³/mol. The molecule has 0 bridgehead atoms. The van der Waals surface area contributed by atoms with Gasteiger partial charge in [-0.2, -0.15) is 0 Å². The maximum atomic E-state index is 10.6. The van der Waals surface area contributed by atoms with Gasteiger partial charge in [0.1, 0.15) is 11.5 Å². The molecular weight excluding hydrogens is 785 g/mol. The first-order valence-corrected chi connectivity index (χ1v) is 19.1. The van der Waals surface area contributed by atoms with Gasteiger partial charge in [-0.15, -0.1) is 0 Å². The normalized spacial score (nSPS) is 11.0. The van der Waals surface area contributed by atoms with E-state index in [4.69, 9.17) is 0 Å². The van der Waals surface area contributed by atoms with Gasteiger partial charge in [0.2, 0.25) is 0 Å². The molecule has 51 heavy (non-hydrogen) atoms. The molecule has 0 unspecified atom stereocenters. The fourth-order valence-corrected chi connectivity index (χ4v) is 10.2. The van der Waals surface area contributed by atoms with Crippen molar-refractivity contribution in [1.29, 1.82) is 0 Å². The topological polar surface area (TPSA) is 40.5 Å². The maximum Gasteiger partial charge on any atom is 2.00 e. The monoisotopic (exact) mass is 828 g/mol. The van der Waals surface area contributed by atoms with E-state index >= 15 is 0 Å². The van der Waals surface area contributed by atoms with E-state index in [1.54, 1.807) is 0 Å². The quantitative estimate of drug-likeness (QED) is 0.254. The van der Waals surface area contributed by atoms with Crippen LogP contribution < -0.4 is 56.6 Å². The second kappa shape index (κ2) is 19.9. The van der Waals surface area contributed by atoms with Crippen LogP contribution in [0, 0.1) is 0 Å². The van der Waals surface area contributed by atoms with Crippen LogP contribution in [0.1, 0.15) is 52.7 Å². The minimum Gasteiger partial charge on any atom is -1.00 e. The zero-order valence-electron chi connectivity index (χ0n) is 30.1. The molecule has 0 fully saturated rings. The molecule has 0 saturated heterocycles. The fraction of sp³-hybridized carbons (Fsp3) is 0.182. The van der Waals surface area contributed by atoms with Crippen molar-refractivity contribution < 1.29 is 61.2 Å².